The van der Waals surface area contributed by atoms with E-state index in [0.29, 0.717) is 11.3 Å². The van der Waals surface area contributed by atoms with E-state index < -0.39 is 16.0 Å². The van der Waals surface area contributed by atoms with Crippen LogP contribution >= 0.6 is 11.6 Å². The Morgan fingerprint density at radius 3 is 2.50 bits per heavy atom. The normalized spacial score (nSPS) is 11.4. The number of nitriles is 1. The van der Waals surface area contributed by atoms with Gasteiger partial charge in [0.25, 0.3) is 5.91 Å². The summed E-state index contributed by atoms with van der Waals surface area (Å²) in [5.74, 6) is -0.737. The topological polar surface area (TPSA) is 105 Å². The molecular weight excluding hydrogens is 476 g/mol. The molecular formula is C25H21ClN2O5S. The van der Waals surface area contributed by atoms with Crippen LogP contribution in [0.4, 0.5) is 5.69 Å². The van der Waals surface area contributed by atoms with Gasteiger partial charge in [-0.3, -0.25) is 4.79 Å². The van der Waals surface area contributed by atoms with Gasteiger partial charge in [-0.25, -0.2) is 0 Å². The van der Waals surface area contributed by atoms with Crippen molar-refractivity contribution in [2.24, 2.45) is 0 Å². The largest absolute Gasteiger partial charge is 0.490 e. The zero-order chi connectivity index (χ0) is 24.7. The highest BCUT2D eigenvalue weighted by molar-refractivity contribution is 7.87. The van der Waals surface area contributed by atoms with Gasteiger partial charge in [0, 0.05) is 5.69 Å². The standard InChI is InChI=1S/C25H21ClN2O5S/c1-3-32-23-15-18(13-19(16-27)25(29)28-20-9-7-8-17(2)12-20)14-22(26)24(23)33-34(30,31)21-10-5-4-6-11-21/h4-15H,3H2,1-2H3,(H,28,29)/b19-13+. The van der Waals surface area contributed by atoms with Crippen molar-refractivity contribution in [3.63, 3.8) is 0 Å². The first kappa shape index (κ1) is 24.8. The number of hydrogen-bond donors (Lipinski definition) is 1. The van der Waals surface area contributed by atoms with E-state index >= 15 is 0 Å². The fourth-order valence-electron chi connectivity index (χ4n) is 3.00. The number of amides is 1. The van der Waals surface area contributed by atoms with Gasteiger partial charge in [-0.2, -0.15) is 13.7 Å². The molecule has 9 heteroatoms. The van der Waals surface area contributed by atoms with Crippen LogP contribution in [0, 0.1) is 18.3 Å². The third-order valence-corrected chi connectivity index (χ3v) is 6.02. The third kappa shape index (κ3) is 6.16. The fraction of sp³-hybridized carbons (Fsp3) is 0.120. The molecule has 0 radical (unpaired) electrons. The Hall–Kier alpha value is -3.80. The number of nitrogens with one attached hydrogen (secondary N) is 1. The lowest BCUT2D eigenvalue weighted by Crippen LogP contribution is -2.13. The van der Waals surface area contributed by atoms with E-state index in [-0.39, 0.29) is 33.6 Å². The number of ether oxygens (including phenoxy) is 1. The molecule has 7 nitrogen and oxygen atoms in total. The van der Waals surface area contributed by atoms with Gasteiger partial charge in [0.05, 0.1) is 11.6 Å². The fourth-order valence-corrected chi connectivity index (χ4v) is 4.28. The molecule has 1 N–H and O–H groups in total. The molecule has 3 aromatic carbocycles. The van der Waals surface area contributed by atoms with Gasteiger partial charge >= 0.3 is 10.1 Å². The van der Waals surface area contributed by atoms with Gasteiger partial charge < -0.3 is 14.2 Å². The molecule has 3 aromatic rings. The quantitative estimate of drug-likeness (QED) is 0.255. The molecule has 3 rings (SSSR count). The molecule has 0 saturated heterocycles. The highest BCUT2D eigenvalue weighted by Crippen LogP contribution is 2.39. The molecule has 0 spiro atoms. The molecule has 0 bridgehead atoms. The highest BCUT2D eigenvalue weighted by atomic mass is 35.5. The number of rotatable bonds is 8. The number of carbonyl (C=O) groups is 1. The SMILES string of the molecule is CCOc1cc(/C=C(\C#N)C(=O)Nc2cccc(C)c2)cc(Cl)c1OS(=O)(=O)c1ccccc1. The maximum absolute atomic E-state index is 12.7. The smallest absolute Gasteiger partial charge is 0.339 e. The van der Waals surface area contributed by atoms with Crippen LogP contribution in [0.5, 0.6) is 11.5 Å². The van der Waals surface area contributed by atoms with Crippen LogP contribution in [0.2, 0.25) is 5.02 Å². The summed E-state index contributed by atoms with van der Waals surface area (Å²) >= 11 is 6.34. The van der Waals surface area contributed by atoms with E-state index in [0.717, 1.165) is 5.56 Å². The lowest BCUT2D eigenvalue weighted by molar-refractivity contribution is -0.112. The first-order valence-corrected chi connectivity index (χ1v) is 12.0. The van der Waals surface area contributed by atoms with E-state index in [1.165, 1.54) is 30.3 Å². The van der Waals surface area contributed by atoms with Crippen molar-refractivity contribution in [3.8, 4) is 17.6 Å². The molecule has 0 unspecified atom stereocenters. The van der Waals surface area contributed by atoms with Crippen molar-refractivity contribution in [2.45, 2.75) is 18.7 Å². The minimum absolute atomic E-state index is 0.0444. The zero-order valence-electron chi connectivity index (χ0n) is 18.4. The van der Waals surface area contributed by atoms with Crippen molar-refractivity contribution >= 4 is 39.4 Å². The second kappa shape index (κ2) is 10.9. The third-order valence-electron chi connectivity index (χ3n) is 4.51. The summed E-state index contributed by atoms with van der Waals surface area (Å²) in [6.45, 7) is 3.79. The van der Waals surface area contributed by atoms with E-state index in [1.807, 2.05) is 19.1 Å². The Labute approximate surface area is 203 Å². The first-order chi connectivity index (χ1) is 16.2. The van der Waals surface area contributed by atoms with Crippen molar-refractivity contribution in [2.75, 3.05) is 11.9 Å². The average Bonchev–Trinajstić information content (AvgIpc) is 2.80. The molecule has 174 valence electrons. The molecule has 34 heavy (non-hydrogen) atoms. The molecule has 0 aromatic heterocycles. The predicted octanol–water partition coefficient (Wildman–Crippen LogP) is 5.36. The lowest BCUT2D eigenvalue weighted by Gasteiger charge is -2.14. The number of hydrogen-bond acceptors (Lipinski definition) is 6. The number of halogens is 1. The zero-order valence-corrected chi connectivity index (χ0v) is 20.0. The second-order valence-electron chi connectivity index (χ2n) is 7.11. The van der Waals surface area contributed by atoms with Gasteiger partial charge in [-0.05, 0) is 67.4 Å². The molecule has 0 aliphatic heterocycles. The van der Waals surface area contributed by atoms with Crippen LogP contribution < -0.4 is 14.2 Å². The van der Waals surface area contributed by atoms with Crippen LogP contribution in [0.25, 0.3) is 6.08 Å². The minimum atomic E-state index is -4.17. The maximum Gasteiger partial charge on any atom is 0.339 e. The molecule has 0 atom stereocenters. The van der Waals surface area contributed by atoms with Gasteiger partial charge in [-0.15, -0.1) is 0 Å². The second-order valence-corrected chi connectivity index (χ2v) is 9.06. The molecule has 0 saturated carbocycles. The molecule has 0 aliphatic rings. The monoisotopic (exact) mass is 496 g/mol. The van der Waals surface area contributed by atoms with Crippen LogP contribution in [-0.4, -0.2) is 20.9 Å². The lowest BCUT2D eigenvalue weighted by atomic mass is 10.1. The number of benzene rings is 3. The highest BCUT2D eigenvalue weighted by Gasteiger charge is 2.22. The van der Waals surface area contributed by atoms with E-state index in [9.17, 15) is 18.5 Å². The summed E-state index contributed by atoms with van der Waals surface area (Å²) in [6, 6.07) is 19.5. The number of nitrogens with zero attached hydrogens (tertiary/aromatic N) is 1. The van der Waals surface area contributed by atoms with Gasteiger partial charge in [0.1, 0.15) is 16.5 Å². The van der Waals surface area contributed by atoms with E-state index in [1.54, 1.807) is 43.3 Å². The molecule has 0 fully saturated rings. The molecule has 0 aliphatic carbocycles. The Morgan fingerprint density at radius 2 is 1.85 bits per heavy atom. The summed E-state index contributed by atoms with van der Waals surface area (Å²) in [6.07, 6.45) is 1.33. The maximum atomic E-state index is 12.7. The average molecular weight is 497 g/mol. The summed E-state index contributed by atoms with van der Waals surface area (Å²) < 4.78 is 36.1. The van der Waals surface area contributed by atoms with Gasteiger partial charge in [0.15, 0.2) is 5.75 Å². The molecule has 0 heterocycles. The van der Waals surface area contributed by atoms with Gasteiger partial charge in [-0.1, -0.05) is 41.9 Å². The summed E-state index contributed by atoms with van der Waals surface area (Å²) in [5.41, 5.74) is 1.68. The number of aryl methyl sites for hydroxylation is 1. The number of carbonyl (C=O) groups excluding carboxylic acids is 1. The Morgan fingerprint density at radius 1 is 1.12 bits per heavy atom. The van der Waals surface area contributed by atoms with Crippen LogP contribution in [0.3, 0.4) is 0 Å². The Kier molecular flexibility index (Phi) is 7.95. The van der Waals surface area contributed by atoms with Crippen LogP contribution in [0.15, 0.2) is 77.2 Å². The van der Waals surface area contributed by atoms with E-state index in [4.69, 9.17) is 20.5 Å². The predicted molar refractivity (Wildman–Crippen MR) is 130 cm³/mol. The summed E-state index contributed by atoms with van der Waals surface area (Å²) in [7, 11) is -4.17. The van der Waals surface area contributed by atoms with Crippen LogP contribution in [0.1, 0.15) is 18.1 Å². The summed E-state index contributed by atoms with van der Waals surface area (Å²) in [4.78, 5) is 12.6. The van der Waals surface area contributed by atoms with Crippen molar-refractivity contribution in [1.29, 1.82) is 5.26 Å². The Bertz CT molecular complexity index is 1380. The van der Waals surface area contributed by atoms with Crippen molar-refractivity contribution in [1.82, 2.24) is 0 Å². The Balaban J connectivity index is 1.94. The van der Waals surface area contributed by atoms with Crippen LogP contribution in [-0.2, 0) is 14.9 Å². The van der Waals surface area contributed by atoms with Crippen molar-refractivity contribution in [3.05, 3.63) is 88.5 Å². The number of anilines is 1. The summed E-state index contributed by atoms with van der Waals surface area (Å²) in [5, 5.41) is 12.1. The van der Waals surface area contributed by atoms with Gasteiger partial charge in [0.2, 0.25) is 5.75 Å². The first-order valence-electron chi connectivity index (χ1n) is 10.2. The molecule has 1 amide bonds. The van der Waals surface area contributed by atoms with E-state index in [2.05, 4.69) is 5.32 Å². The van der Waals surface area contributed by atoms with Crippen molar-refractivity contribution < 1.29 is 22.1 Å². The minimum Gasteiger partial charge on any atom is -0.490 e.